The Bertz CT molecular complexity index is 3260. The minimum Gasteiger partial charge on any atom is -0.458 e. The molecule has 0 amide bonds. The van der Waals surface area contributed by atoms with Crippen LogP contribution < -0.4 is 0 Å². The monoisotopic (exact) mass is 1500 g/mol. The zero-order valence-corrected chi connectivity index (χ0v) is 68.5. The van der Waals surface area contributed by atoms with Crippen LogP contribution in [-0.2, 0) is 61.8 Å². The number of rotatable bonds is 10. The van der Waals surface area contributed by atoms with Gasteiger partial charge in [0.1, 0.15) is 24.4 Å². The van der Waals surface area contributed by atoms with Gasteiger partial charge in [-0.3, -0.25) is 0 Å². The van der Waals surface area contributed by atoms with Gasteiger partial charge in [-0.1, -0.05) is 254 Å². The summed E-state index contributed by atoms with van der Waals surface area (Å²) in [5.41, 5.74) is 7.87. The van der Waals surface area contributed by atoms with Crippen LogP contribution in [0, 0.1) is 59.2 Å². The van der Waals surface area contributed by atoms with E-state index in [-0.39, 0.29) is 90.9 Å². The second-order valence-electron chi connectivity index (χ2n) is 32.9. The number of fused-ring (bicyclic) bond motifs is 6. The van der Waals surface area contributed by atoms with E-state index in [1.54, 1.807) is 19.3 Å². The number of carbonyl (C=O) groups is 3. The molecule has 0 unspecified atom stereocenters. The number of hydrogen-bond acceptors (Lipinski definition) is 13. The summed E-state index contributed by atoms with van der Waals surface area (Å²) in [7, 11) is 1.63. The van der Waals surface area contributed by atoms with Crippen LogP contribution >= 0.6 is 0 Å². The van der Waals surface area contributed by atoms with E-state index in [2.05, 4.69) is 217 Å². The fourth-order valence-electron chi connectivity index (χ4n) is 15.7. The van der Waals surface area contributed by atoms with Gasteiger partial charge in [0.25, 0.3) is 0 Å². The van der Waals surface area contributed by atoms with Crippen LogP contribution in [0.4, 0.5) is 0 Å². The molecule has 0 N–H and O–H groups in total. The van der Waals surface area contributed by atoms with E-state index in [1.165, 1.54) is 33.4 Å². The lowest BCUT2D eigenvalue weighted by Gasteiger charge is -2.28. The van der Waals surface area contributed by atoms with Gasteiger partial charge < -0.3 is 47.4 Å². The van der Waals surface area contributed by atoms with E-state index < -0.39 is 18.2 Å². The number of esters is 3. The lowest BCUT2D eigenvalue weighted by molar-refractivity contribution is -0.147. The van der Waals surface area contributed by atoms with Crippen molar-refractivity contribution < 1.29 is 61.8 Å². The highest BCUT2D eigenvalue weighted by atomic mass is 16.6. The molecular weight excluding hydrogens is 1360 g/mol. The second kappa shape index (κ2) is 48.9. The van der Waals surface area contributed by atoms with Crippen molar-refractivity contribution >= 4 is 17.9 Å². The highest BCUT2D eigenvalue weighted by molar-refractivity contribution is 5.88. The molecule has 21 atom stereocenters. The third-order valence-corrected chi connectivity index (χ3v) is 21.5. The van der Waals surface area contributed by atoms with Crippen LogP contribution in [0.3, 0.4) is 0 Å². The van der Waals surface area contributed by atoms with Gasteiger partial charge in [-0.05, 0) is 165 Å². The predicted octanol–water partition coefficient (Wildman–Crippen LogP) is 21.2. The first-order valence-corrected chi connectivity index (χ1v) is 41.2. The number of ether oxygens (including phenoxy) is 10. The Labute approximate surface area is 657 Å². The molecular formula is C96H136O13. The second-order valence-corrected chi connectivity index (χ2v) is 32.9. The van der Waals surface area contributed by atoms with Gasteiger partial charge in [0.15, 0.2) is 0 Å². The Kier molecular flexibility index (Phi) is 40.2. The molecule has 9 rings (SSSR count). The van der Waals surface area contributed by atoms with Crippen molar-refractivity contribution in [1.29, 1.82) is 0 Å². The Morgan fingerprint density at radius 3 is 1.17 bits per heavy atom. The molecule has 13 heteroatoms. The van der Waals surface area contributed by atoms with E-state index in [1.807, 2.05) is 30.4 Å². The van der Waals surface area contributed by atoms with Crippen molar-refractivity contribution in [3.05, 3.63) is 205 Å². The average Bonchev–Trinajstić information content (AvgIpc) is 0.896. The van der Waals surface area contributed by atoms with Crippen molar-refractivity contribution in [3.8, 4) is 11.8 Å². The Morgan fingerprint density at radius 2 is 0.789 bits per heavy atom. The molecule has 0 radical (unpaired) electrons. The molecule has 9 aliphatic heterocycles. The number of methoxy groups -OCH3 is 1. The van der Waals surface area contributed by atoms with E-state index in [0.717, 1.165) is 96.3 Å². The summed E-state index contributed by atoms with van der Waals surface area (Å²) >= 11 is 0. The molecule has 0 aromatic rings. The highest BCUT2D eigenvalue weighted by Gasteiger charge is 2.29. The van der Waals surface area contributed by atoms with Crippen LogP contribution in [0.25, 0.3) is 0 Å². The van der Waals surface area contributed by atoms with Crippen molar-refractivity contribution in [2.75, 3.05) is 26.9 Å². The zero-order chi connectivity index (χ0) is 78.5. The summed E-state index contributed by atoms with van der Waals surface area (Å²) in [6.45, 7) is 39.1. The minimum absolute atomic E-state index is 0.00584. The SMILES string of the molecule is C=C1C[C@H](C)C[C@@H]2CC=C[C@@H](C/C=C/C(=O)O[C@H]([C@@H](C)/C=C/[C@@H]3CC(C)=CCO3)C/C=C/[C@@H](C)C1)O2.C=C1C[C@H](C)C[C@@H]2CC=C[C@@H](C/C=C\C(=O)O[C@H]([C@@H](C)/C=C/[C@@H]3CC(C)=CCO3)C/C=C/[C@@H](C)C1)O2.C=C1C[C@H](C)C[C@@H]2CC=C[C@@H](CC#CC(=O)O[C@H]([C@H](/C=C/[C@@H]3CC(C)=CCO3)OC)C/C=C/[C@@H](C)C1)O2. The lowest BCUT2D eigenvalue weighted by Crippen LogP contribution is -2.31. The average molecular weight is 1500 g/mol. The topological polar surface area (TPSA) is 144 Å². The highest BCUT2D eigenvalue weighted by Crippen LogP contribution is 2.32. The first-order valence-electron chi connectivity index (χ1n) is 41.2. The molecule has 0 saturated carbocycles. The molecule has 13 nitrogen and oxygen atoms in total. The van der Waals surface area contributed by atoms with E-state index in [4.69, 9.17) is 47.4 Å². The standard InChI is InChI=1S/C32H44O5.2C32H46O4/c1-23-9-6-13-31(30(34-5)16-15-28-21-24(2)17-18-35-28)37-32(33)14-8-11-27-10-7-12-29(36-27)22-26(4)20-25(3)19-23;2*1-23-9-6-13-31(27(5)15-16-29-21-24(2)17-18-34-29)36-32(33)14-8-11-28-10-7-12-30(35-28)22-26(4)20-25(3)19-23/h6-7,9-10,15-17,23,26-31H,3,11-13,18-22H2,1-2,4-5H3;2*6-10,14-17,23,26-31H,3,11-13,18-22H2,1-2,4-5H3/b9-6+,16-15+;9-6+,14-8+,16-15+;9-6+,14-8-,16-15+/t23-,26+,27+,28-,29+,30+,31+;2*23-,26+,27+,28+,29-,30+,31+/m111/s1. The van der Waals surface area contributed by atoms with Gasteiger partial charge >= 0.3 is 17.9 Å². The molecule has 0 aliphatic carbocycles. The molecule has 6 bridgehead atoms. The third kappa shape index (κ3) is 36.1. The number of hydrogen-bond donors (Lipinski definition) is 0. The number of carbonyl (C=O) groups excluding carboxylic acids is 3. The van der Waals surface area contributed by atoms with Crippen molar-refractivity contribution in [2.24, 2.45) is 47.3 Å². The summed E-state index contributed by atoms with van der Waals surface area (Å²) in [5, 5.41) is 0. The Hall–Kier alpha value is -6.73. The van der Waals surface area contributed by atoms with Gasteiger partial charge in [0.05, 0.1) is 74.8 Å². The predicted molar refractivity (Wildman–Crippen MR) is 443 cm³/mol. The van der Waals surface area contributed by atoms with Crippen molar-refractivity contribution in [2.45, 2.75) is 290 Å². The first kappa shape index (κ1) is 89.5. The molecule has 0 aromatic heterocycles. The van der Waals surface area contributed by atoms with E-state index >= 15 is 0 Å². The summed E-state index contributed by atoms with van der Waals surface area (Å²) < 4.78 is 59.7. The summed E-state index contributed by atoms with van der Waals surface area (Å²) in [6, 6.07) is 0. The minimum atomic E-state index is -0.547. The van der Waals surface area contributed by atoms with E-state index in [9.17, 15) is 14.4 Å². The summed E-state index contributed by atoms with van der Waals surface area (Å²) in [5.74, 6) is 7.36. The Morgan fingerprint density at radius 1 is 0.431 bits per heavy atom. The number of allylic oxidation sites excluding steroid dienone is 6. The molecule has 0 fully saturated rings. The molecule has 0 saturated heterocycles. The van der Waals surface area contributed by atoms with Crippen molar-refractivity contribution in [3.63, 3.8) is 0 Å². The third-order valence-electron chi connectivity index (χ3n) is 21.5. The smallest absolute Gasteiger partial charge is 0.384 e. The van der Waals surface area contributed by atoms with Gasteiger partial charge in [-0.15, -0.1) is 0 Å². The molecule has 9 heterocycles. The normalized spacial score (nSPS) is 35.2. The maximum absolute atomic E-state index is 12.7. The van der Waals surface area contributed by atoms with Crippen LogP contribution in [0.2, 0.25) is 0 Å². The van der Waals surface area contributed by atoms with E-state index in [0.29, 0.717) is 93.9 Å². The lowest BCUT2D eigenvalue weighted by atomic mass is 9.90. The maximum atomic E-state index is 12.7. The van der Waals surface area contributed by atoms with Crippen molar-refractivity contribution in [1.82, 2.24) is 0 Å². The first-order chi connectivity index (χ1) is 52.4. The Balaban J connectivity index is 0.000000228. The molecule has 9 aliphatic rings. The molecule has 598 valence electrons. The fraction of sp³-hybridized carbons (Fsp3) is 0.594. The molecule has 109 heavy (non-hydrogen) atoms. The van der Waals surface area contributed by atoms with Gasteiger partial charge in [-0.25, -0.2) is 14.4 Å². The fourth-order valence-corrected chi connectivity index (χ4v) is 15.7. The van der Waals surface area contributed by atoms with Gasteiger partial charge in [0, 0.05) is 62.7 Å². The van der Waals surface area contributed by atoms with Crippen LogP contribution in [-0.4, -0.2) is 124 Å². The largest absolute Gasteiger partial charge is 0.458 e. The molecule has 0 aromatic carbocycles. The van der Waals surface area contributed by atoms with Gasteiger partial charge in [0.2, 0.25) is 0 Å². The van der Waals surface area contributed by atoms with Crippen LogP contribution in [0.15, 0.2) is 205 Å². The summed E-state index contributed by atoms with van der Waals surface area (Å²) in [6.07, 6.45) is 69.2. The summed E-state index contributed by atoms with van der Waals surface area (Å²) in [4.78, 5) is 38.1. The van der Waals surface area contributed by atoms with Gasteiger partial charge in [-0.2, -0.15) is 0 Å². The molecule has 0 spiro atoms. The van der Waals surface area contributed by atoms with Crippen LogP contribution in [0.5, 0.6) is 0 Å². The van der Waals surface area contributed by atoms with Crippen LogP contribution in [0.1, 0.15) is 211 Å². The number of cyclic esters (lactones) is 3. The zero-order valence-electron chi connectivity index (χ0n) is 68.5. The maximum Gasteiger partial charge on any atom is 0.384 e. The quantitative estimate of drug-likeness (QED) is 0.0673.